The third-order valence-electron chi connectivity index (χ3n) is 4.18. The third-order valence-corrected chi connectivity index (χ3v) is 4.18. The van der Waals surface area contributed by atoms with Crippen molar-refractivity contribution in [2.24, 2.45) is 11.3 Å². The molecule has 0 radical (unpaired) electrons. The number of hydrogen-bond acceptors (Lipinski definition) is 2. The SMILES string of the molecule is CC1(C)CCCN(C(=O)CCC2CCNC2)C1. The van der Waals surface area contributed by atoms with Crippen molar-refractivity contribution in [3.63, 3.8) is 0 Å². The smallest absolute Gasteiger partial charge is 0.222 e. The number of piperidine rings is 1. The van der Waals surface area contributed by atoms with Crippen molar-refractivity contribution in [3.05, 3.63) is 0 Å². The summed E-state index contributed by atoms with van der Waals surface area (Å²) in [5.74, 6) is 1.11. The number of nitrogens with zero attached hydrogens (tertiary/aromatic N) is 1. The highest BCUT2D eigenvalue weighted by atomic mass is 16.2. The van der Waals surface area contributed by atoms with Crippen molar-refractivity contribution in [2.75, 3.05) is 26.2 Å². The van der Waals surface area contributed by atoms with Crippen LogP contribution in [0.15, 0.2) is 0 Å². The molecule has 2 rings (SSSR count). The van der Waals surface area contributed by atoms with Crippen molar-refractivity contribution in [3.8, 4) is 0 Å². The number of rotatable bonds is 3. The Hall–Kier alpha value is -0.570. The van der Waals surface area contributed by atoms with Crippen LogP contribution in [0, 0.1) is 11.3 Å². The number of carbonyl (C=O) groups excluding carboxylic acids is 1. The van der Waals surface area contributed by atoms with E-state index in [1.54, 1.807) is 0 Å². The van der Waals surface area contributed by atoms with E-state index in [2.05, 4.69) is 24.1 Å². The van der Waals surface area contributed by atoms with Gasteiger partial charge in [0.2, 0.25) is 5.91 Å². The molecule has 1 amide bonds. The van der Waals surface area contributed by atoms with Gasteiger partial charge in [-0.3, -0.25) is 4.79 Å². The van der Waals surface area contributed by atoms with Gasteiger partial charge in [-0.05, 0) is 50.1 Å². The Morgan fingerprint density at radius 3 is 2.94 bits per heavy atom. The average molecular weight is 238 g/mol. The molecule has 3 heteroatoms. The van der Waals surface area contributed by atoms with Gasteiger partial charge in [0, 0.05) is 19.5 Å². The summed E-state index contributed by atoms with van der Waals surface area (Å²) in [6.07, 6.45) is 5.50. The van der Waals surface area contributed by atoms with E-state index in [0.29, 0.717) is 11.3 Å². The number of carbonyl (C=O) groups is 1. The van der Waals surface area contributed by atoms with Crippen LogP contribution in [0.2, 0.25) is 0 Å². The summed E-state index contributed by atoms with van der Waals surface area (Å²) in [6, 6.07) is 0. The second-order valence-electron chi connectivity index (χ2n) is 6.48. The zero-order valence-electron chi connectivity index (χ0n) is 11.3. The maximum Gasteiger partial charge on any atom is 0.222 e. The highest BCUT2D eigenvalue weighted by Gasteiger charge is 2.29. The lowest BCUT2D eigenvalue weighted by Crippen LogP contribution is -2.43. The number of amides is 1. The maximum atomic E-state index is 12.1. The van der Waals surface area contributed by atoms with Crippen LogP contribution in [-0.4, -0.2) is 37.0 Å². The second-order valence-corrected chi connectivity index (χ2v) is 6.48. The zero-order valence-corrected chi connectivity index (χ0v) is 11.3. The van der Waals surface area contributed by atoms with Gasteiger partial charge in [0.1, 0.15) is 0 Å². The molecule has 2 fully saturated rings. The maximum absolute atomic E-state index is 12.1. The van der Waals surface area contributed by atoms with Crippen LogP contribution in [0.25, 0.3) is 0 Å². The third kappa shape index (κ3) is 3.70. The Kier molecular flexibility index (Phi) is 4.08. The van der Waals surface area contributed by atoms with E-state index in [1.165, 1.54) is 19.3 Å². The van der Waals surface area contributed by atoms with Crippen molar-refractivity contribution in [2.45, 2.75) is 46.0 Å². The molecule has 2 aliphatic rings. The quantitative estimate of drug-likeness (QED) is 0.816. The van der Waals surface area contributed by atoms with Crippen LogP contribution in [0.4, 0.5) is 0 Å². The molecular weight excluding hydrogens is 212 g/mol. The first-order valence-corrected chi connectivity index (χ1v) is 7.05. The van der Waals surface area contributed by atoms with Crippen LogP contribution in [0.1, 0.15) is 46.0 Å². The van der Waals surface area contributed by atoms with E-state index in [-0.39, 0.29) is 0 Å². The standard InChI is InChI=1S/C14H26N2O/c1-14(2)7-3-9-16(11-14)13(17)5-4-12-6-8-15-10-12/h12,15H,3-11H2,1-2H3. The van der Waals surface area contributed by atoms with Gasteiger partial charge in [-0.2, -0.15) is 0 Å². The van der Waals surface area contributed by atoms with Gasteiger partial charge >= 0.3 is 0 Å². The summed E-state index contributed by atoms with van der Waals surface area (Å²) in [7, 11) is 0. The van der Waals surface area contributed by atoms with Crippen LogP contribution in [0.5, 0.6) is 0 Å². The van der Waals surface area contributed by atoms with E-state index >= 15 is 0 Å². The lowest BCUT2D eigenvalue weighted by Gasteiger charge is -2.38. The summed E-state index contributed by atoms with van der Waals surface area (Å²) >= 11 is 0. The molecule has 0 bridgehead atoms. The summed E-state index contributed by atoms with van der Waals surface area (Å²) in [5.41, 5.74) is 0.322. The largest absolute Gasteiger partial charge is 0.342 e. The van der Waals surface area contributed by atoms with Gasteiger partial charge in [-0.25, -0.2) is 0 Å². The molecule has 1 atom stereocenters. The molecule has 2 heterocycles. The molecule has 0 aromatic rings. The summed E-state index contributed by atoms with van der Waals surface area (Å²) in [5, 5.41) is 3.36. The van der Waals surface area contributed by atoms with E-state index < -0.39 is 0 Å². The second kappa shape index (κ2) is 5.38. The molecule has 0 spiro atoms. The van der Waals surface area contributed by atoms with E-state index in [9.17, 15) is 4.79 Å². The van der Waals surface area contributed by atoms with Gasteiger partial charge in [0.15, 0.2) is 0 Å². The van der Waals surface area contributed by atoms with Gasteiger partial charge in [0.25, 0.3) is 0 Å². The molecule has 2 saturated heterocycles. The fourth-order valence-electron chi connectivity index (χ4n) is 3.08. The summed E-state index contributed by atoms with van der Waals surface area (Å²) in [4.78, 5) is 14.2. The number of hydrogen-bond donors (Lipinski definition) is 1. The first kappa shape index (κ1) is 12.9. The molecular formula is C14H26N2O. The molecule has 0 saturated carbocycles. The Morgan fingerprint density at radius 2 is 2.29 bits per heavy atom. The lowest BCUT2D eigenvalue weighted by molar-refractivity contribution is -0.134. The molecule has 0 aliphatic carbocycles. The Morgan fingerprint density at radius 1 is 1.47 bits per heavy atom. The number of nitrogens with one attached hydrogen (secondary N) is 1. The average Bonchev–Trinajstić information content (AvgIpc) is 2.77. The van der Waals surface area contributed by atoms with E-state index in [0.717, 1.165) is 44.9 Å². The van der Waals surface area contributed by atoms with Gasteiger partial charge in [-0.1, -0.05) is 13.8 Å². The van der Waals surface area contributed by atoms with Crippen molar-refractivity contribution in [1.82, 2.24) is 10.2 Å². The van der Waals surface area contributed by atoms with Gasteiger partial charge in [-0.15, -0.1) is 0 Å². The molecule has 1 N–H and O–H groups in total. The molecule has 1 unspecified atom stereocenters. The molecule has 0 aromatic carbocycles. The zero-order chi connectivity index (χ0) is 12.3. The summed E-state index contributed by atoms with van der Waals surface area (Å²) < 4.78 is 0. The predicted molar refractivity (Wildman–Crippen MR) is 69.8 cm³/mol. The molecule has 17 heavy (non-hydrogen) atoms. The highest BCUT2D eigenvalue weighted by Crippen LogP contribution is 2.29. The van der Waals surface area contributed by atoms with Gasteiger partial charge in [0.05, 0.1) is 0 Å². The fourth-order valence-corrected chi connectivity index (χ4v) is 3.08. The first-order chi connectivity index (χ1) is 8.07. The minimum Gasteiger partial charge on any atom is -0.342 e. The molecule has 2 aliphatic heterocycles. The highest BCUT2D eigenvalue weighted by molar-refractivity contribution is 5.76. The fraction of sp³-hybridized carbons (Fsp3) is 0.929. The minimum absolute atomic E-state index is 0.322. The minimum atomic E-state index is 0.322. The summed E-state index contributed by atoms with van der Waals surface area (Å²) in [6.45, 7) is 8.72. The van der Waals surface area contributed by atoms with Crippen LogP contribution in [-0.2, 0) is 4.79 Å². The molecule has 98 valence electrons. The van der Waals surface area contributed by atoms with Gasteiger partial charge < -0.3 is 10.2 Å². The number of likely N-dealkylation sites (tertiary alicyclic amines) is 1. The topological polar surface area (TPSA) is 32.3 Å². The lowest BCUT2D eigenvalue weighted by atomic mass is 9.84. The molecule has 0 aromatic heterocycles. The van der Waals surface area contributed by atoms with Crippen molar-refractivity contribution < 1.29 is 4.79 Å². The van der Waals surface area contributed by atoms with E-state index in [1.807, 2.05) is 0 Å². The Bertz CT molecular complexity index is 269. The Balaban J connectivity index is 1.75. The first-order valence-electron chi connectivity index (χ1n) is 7.05. The monoisotopic (exact) mass is 238 g/mol. The van der Waals surface area contributed by atoms with Crippen LogP contribution < -0.4 is 5.32 Å². The Labute approximate surface area is 105 Å². The van der Waals surface area contributed by atoms with E-state index in [4.69, 9.17) is 0 Å². The predicted octanol–water partition coefficient (Wildman–Crippen LogP) is 2.02. The van der Waals surface area contributed by atoms with Crippen molar-refractivity contribution >= 4 is 5.91 Å². The van der Waals surface area contributed by atoms with Crippen LogP contribution in [0.3, 0.4) is 0 Å². The molecule has 3 nitrogen and oxygen atoms in total. The van der Waals surface area contributed by atoms with Crippen molar-refractivity contribution in [1.29, 1.82) is 0 Å². The van der Waals surface area contributed by atoms with Crippen LogP contribution >= 0.6 is 0 Å². The normalized spacial score (nSPS) is 28.4.